The Bertz CT molecular complexity index is 1180. The molecule has 1 aliphatic heterocycles. The van der Waals surface area contributed by atoms with E-state index in [-0.39, 0.29) is 11.5 Å². The van der Waals surface area contributed by atoms with Crippen LogP contribution in [-0.2, 0) is 0 Å². The quantitative estimate of drug-likeness (QED) is 0.512. The maximum atomic E-state index is 13.0. The van der Waals surface area contributed by atoms with E-state index >= 15 is 0 Å². The fourth-order valence-electron chi connectivity index (χ4n) is 3.47. The van der Waals surface area contributed by atoms with Gasteiger partial charge < -0.3 is 15.1 Å². The number of tetrazole rings is 1. The highest BCUT2D eigenvalue weighted by Gasteiger charge is 2.19. The van der Waals surface area contributed by atoms with Crippen LogP contribution in [0.15, 0.2) is 39.7 Å². The van der Waals surface area contributed by atoms with Crippen molar-refractivity contribution in [2.24, 2.45) is 5.73 Å². The van der Waals surface area contributed by atoms with Crippen LogP contribution in [0.4, 0.5) is 5.82 Å². The second-order valence-electron chi connectivity index (χ2n) is 6.74. The summed E-state index contributed by atoms with van der Waals surface area (Å²) in [5, 5.41) is 14.9. The summed E-state index contributed by atoms with van der Waals surface area (Å²) in [6.45, 7) is 1.68. The molecule has 4 aromatic rings. The summed E-state index contributed by atoms with van der Waals surface area (Å²) in [4.78, 5) is 19.6. The fourth-order valence-corrected chi connectivity index (χ4v) is 3.47. The number of fused-ring (bicyclic) bond motifs is 2. The molecule has 9 heteroatoms. The van der Waals surface area contributed by atoms with Crippen molar-refractivity contribution in [3.8, 4) is 11.4 Å². The average Bonchev–Trinajstić information content (AvgIpc) is 3.23. The highest BCUT2D eigenvalue weighted by atomic mass is 16.3. The summed E-state index contributed by atoms with van der Waals surface area (Å²) in [6.07, 6.45) is 3.46. The summed E-state index contributed by atoms with van der Waals surface area (Å²) in [5.74, 6) is 1.22. The Morgan fingerprint density at radius 1 is 1.15 bits per heavy atom. The molecule has 5 rings (SSSR count). The van der Waals surface area contributed by atoms with E-state index < -0.39 is 0 Å². The zero-order valence-electron chi connectivity index (χ0n) is 14.4. The van der Waals surface area contributed by atoms with Crippen LogP contribution in [0.3, 0.4) is 0 Å². The van der Waals surface area contributed by atoms with E-state index in [9.17, 15) is 4.79 Å². The minimum absolute atomic E-state index is 0.0803. The van der Waals surface area contributed by atoms with E-state index in [1.807, 2.05) is 6.07 Å². The summed E-state index contributed by atoms with van der Waals surface area (Å²) in [6, 6.07) is 7.30. The lowest BCUT2D eigenvalue weighted by molar-refractivity contribution is 0.498. The molecular weight excluding hydrogens is 346 g/mol. The number of aromatic amines is 1. The summed E-state index contributed by atoms with van der Waals surface area (Å²) in [7, 11) is 0. The van der Waals surface area contributed by atoms with Gasteiger partial charge in [-0.25, -0.2) is 4.98 Å². The van der Waals surface area contributed by atoms with Gasteiger partial charge in [0.1, 0.15) is 11.4 Å². The van der Waals surface area contributed by atoms with Crippen LogP contribution in [0.2, 0.25) is 0 Å². The maximum Gasteiger partial charge on any atom is 0.204 e. The van der Waals surface area contributed by atoms with Crippen LogP contribution in [0.25, 0.3) is 33.3 Å². The van der Waals surface area contributed by atoms with Gasteiger partial charge in [0.05, 0.1) is 17.0 Å². The maximum absolute atomic E-state index is 13.0. The molecule has 0 saturated carbocycles. The monoisotopic (exact) mass is 363 g/mol. The van der Waals surface area contributed by atoms with Gasteiger partial charge in [0.2, 0.25) is 11.3 Å². The van der Waals surface area contributed by atoms with E-state index in [4.69, 9.17) is 10.2 Å². The van der Waals surface area contributed by atoms with Crippen LogP contribution in [-0.4, -0.2) is 44.7 Å². The number of anilines is 1. The average molecular weight is 363 g/mol. The van der Waals surface area contributed by atoms with Gasteiger partial charge in [0.25, 0.3) is 0 Å². The number of aromatic nitrogens is 5. The molecule has 0 atom stereocenters. The van der Waals surface area contributed by atoms with Crippen LogP contribution in [0.5, 0.6) is 0 Å². The number of rotatable bonds is 2. The third kappa shape index (κ3) is 2.72. The first-order valence-electron chi connectivity index (χ1n) is 8.80. The van der Waals surface area contributed by atoms with Crippen LogP contribution >= 0.6 is 0 Å². The summed E-state index contributed by atoms with van der Waals surface area (Å²) >= 11 is 0. The van der Waals surface area contributed by atoms with Crippen LogP contribution < -0.4 is 16.1 Å². The van der Waals surface area contributed by atoms with Crippen LogP contribution in [0.1, 0.15) is 12.8 Å². The number of benzene rings is 1. The normalized spacial score (nSPS) is 15.7. The Hall–Kier alpha value is -3.33. The Labute approximate surface area is 153 Å². The second kappa shape index (κ2) is 6.13. The summed E-state index contributed by atoms with van der Waals surface area (Å²) < 4.78 is 5.94. The van der Waals surface area contributed by atoms with Gasteiger partial charge in [-0.2, -0.15) is 5.21 Å². The van der Waals surface area contributed by atoms with E-state index in [0.717, 1.165) is 31.7 Å². The van der Waals surface area contributed by atoms with Gasteiger partial charge in [-0.3, -0.25) is 4.79 Å². The minimum Gasteiger partial charge on any atom is -0.454 e. The molecule has 1 saturated heterocycles. The van der Waals surface area contributed by atoms with E-state index in [1.165, 1.54) is 0 Å². The smallest absolute Gasteiger partial charge is 0.204 e. The molecule has 1 aromatic carbocycles. The Kier molecular flexibility index (Phi) is 3.61. The molecule has 136 valence electrons. The number of piperidine rings is 1. The van der Waals surface area contributed by atoms with E-state index in [2.05, 4.69) is 30.5 Å². The largest absolute Gasteiger partial charge is 0.454 e. The van der Waals surface area contributed by atoms with Gasteiger partial charge in [-0.15, -0.1) is 10.2 Å². The van der Waals surface area contributed by atoms with Gasteiger partial charge in [0, 0.05) is 24.7 Å². The predicted octanol–water partition coefficient (Wildman–Crippen LogP) is 1.45. The molecule has 0 bridgehead atoms. The van der Waals surface area contributed by atoms with Gasteiger partial charge in [0.15, 0.2) is 5.58 Å². The summed E-state index contributed by atoms with van der Waals surface area (Å²) in [5.41, 5.74) is 7.53. The highest BCUT2D eigenvalue weighted by molar-refractivity contribution is 5.92. The third-order valence-electron chi connectivity index (χ3n) is 5.01. The van der Waals surface area contributed by atoms with Crippen molar-refractivity contribution in [2.45, 2.75) is 18.9 Å². The molecule has 1 fully saturated rings. The minimum atomic E-state index is -0.0803. The molecule has 0 spiro atoms. The lowest BCUT2D eigenvalue weighted by atomic mass is 10.1. The third-order valence-corrected chi connectivity index (χ3v) is 5.01. The molecule has 27 heavy (non-hydrogen) atoms. The van der Waals surface area contributed by atoms with E-state index in [0.29, 0.717) is 33.3 Å². The SMILES string of the molecule is NC1CCN(c2cc3c(=O)c4ccc(-c5nn[nH]n5)cc4oc3cn2)CC1. The lowest BCUT2D eigenvalue weighted by Crippen LogP contribution is -2.40. The molecular formula is C18H17N7O2. The Morgan fingerprint density at radius 2 is 2.00 bits per heavy atom. The van der Waals surface area contributed by atoms with E-state index in [1.54, 1.807) is 24.4 Å². The van der Waals surface area contributed by atoms with Crippen molar-refractivity contribution in [1.82, 2.24) is 25.6 Å². The first-order valence-corrected chi connectivity index (χ1v) is 8.80. The predicted molar refractivity (Wildman–Crippen MR) is 100 cm³/mol. The molecule has 3 N–H and O–H groups in total. The molecule has 0 amide bonds. The van der Waals surface area contributed by atoms with Gasteiger partial charge in [-0.1, -0.05) is 6.07 Å². The van der Waals surface area contributed by atoms with Crippen molar-refractivity contribution in [1.29, 1.82) is 0 Å². The second-order valence-corrected chi connectivity index (χ2v) is 6.74. The Balaban J connectivity index is 1.61. The fraction of sp³-hybridized carbons (Fsp3) is 0.278. The first-order chi connectivity index (χ1) is 13.2. The molecule has 1 aliphatic rings. The number of hydrogen-bond donors (Lipinski definition) is 2. The lowest BCUT2D eigenvalue weighted by Gasteiger charge is -2.31. The van der Waals surface area contributed by atoms with Gasteiger partial charge in [-0.05, 0) is 36.3 Å². The standard InChI is InChI=1S/C18H17N7O2/c19-11-3-5-25(6-4-11)16-8-13-15(9-20-16)27-14-7-10(18-21-23-24-22-18)1-2-12(14)17(13)26/h1-2,7-9,11H,3-6,19H2,(H,21,22,23,24). The van der Waals surface area contributed by atoms with Gasteiger partial charge >= 0.3 is 0 Å². The Morgan fingerprint density at radius 3 is 2.78 bits per heavy atom. The number of pyridine rings is 1. The number of nitrogens with zero attached hydrogens (tertiary/aromatic N) is 5. The molecule has 0 unspecified atom stereocenters. The van der Waals surface area contributed by atoms with Crippen molar-refractivity contribution >= 4 is 27.8 Å². The van der Waals surface area contributed by atoms with Crippen LogP contribution in [0, 0.1) is 0 Å². The first kappa shape index (κ1) is 15.9. The number of nitrogens with two attached hydrogens (primary N) is 1. The molecule has 9 nitrogen and oxygen atoms in total. The zero-order chi connectivity index (χ0) is 18.4. The van der Waals surface area contributed by atoms with Crippen molar-refractivity contribution in [3.05, 3.63) is 40.7 Å². The molecule has 0 aliphatic carbocycles. The molecule has 3 aromatic heterocycles. The zero-order valence-corrected chi connectivity index (χ0v) is 14.4. The number of H-pyrrole nitrogens is 1. The number of nitrogens with one attached hydrogen (secondary N) is 1. The topological polar surface area (TPSA) is 127 Å². The van der Waals surface area contributed by atoms with Crippen molar-refractivity contribution in [3.63, 3.8) is 0 Å². The molecule has 4 heterocycles. The van der Waals surface area contributed by atoms with Crippen molar-refractivity contribution in [2.75, 3.05) is 18.0 Å². The molecule has 0 radical (unpaired) electrons. The van der Waals surface area contributed by atoms with Crippen molar-refractivity contribution < 1.29 is 4.42 Å². The number of hydrogen-bond acceptors (Lipinski definition) is 8. The highest BCUT2D eigenvalue weighted by Crippen LogP contribution is 2.25.